The van der Waals surface area contributed by atoms with Crippen LogP contribution in [0.1, 0.15) is 27.7 Å². The molecule has 28 N–H and O–H groups in total. The highest BCUT2D eigenvalue weighted by Gasteiger charge is 2.61. The first kappa shape index (κ1) is 96.4. The zero-order valence-electron chi connectivity index (χ0n) is 61.2. The summed E-state index contributed by atoms with van der Waals surface area (Å²) in [6, 6.07) is -6.02. The number of hydrogen-bond donors (Lipinski definition) is 28. The Morgan fingerprint density at radius 2 is 0.638 bits per heavy atom. The van der Waals surface area contributed by atoms with Crippen molar-refractivity contribution in [1.82, 2.24) is 16.0 Å². The van der Waals surface area contributed by atoms with E-state index >= 15 is 0 Å². The van der Waals surface area contributed by atoms with Crippen LogP contribution in [0.15, 0.2) is 0 Å². The molecule has 0 spiro atoms. The fourth-order valence-electron chi connectivity index (χ4n) is 14.3. The Kier molecular flexibility index (Phi) is 34.0. The lowest BCUT2D eigenvalue weighted by Gasteiger charge is -2.51. The van der Waals surface area contributed by atoms with E-state index in [2.05, 4.69) is 24.3 Å². The van der Waals surface area contributed by atoms with Crippen molar-refractivity contribution in [3.05, 3.63) is 0 Å². The quantitative estimate of drug-likeness (QED) is 0.0287. The zero-order valence-corrected chi connectivity index (χ0v) is 62.9. The molecule has 0 aromatic carbocycles. The molecule has 56 heteroatoms. The van der Waals surface area contributed by atoms with E-state index in [9.17, 15) is 158 Å². The Bertz CT molecular complexity index is 3370. The third-order valence-electron chi connectivity index (χ3n) is 20.3. The van der Waals surface area contributed by atoms with Crippen LogP contribution in [-0.4, -0.2) is 490 Å². The van der Waals surface area contributed by atoms with Gasteiger partial charge in [-0.2, -0.15) is 16.8 Å². The Hall–Kier alpha value is -3.45. The van der Waals surface area contributed by atoms with Crippen LogP contribution >= 0.6 is 0 Å². The maximum Gasteiger partial charge on any atom is 0.397 e. The van der Waals surface area contributed by atoms with Gasteiger partial charge < -0.3 is 214 Å². The number of amides is 3. The number of nitrogens with one attached hydrogen (secondary N) is 3. The molecule has 9 aliphatic rings. The van der Waals surface area contributed by atoms with Gasteiger partial charge in [0.05, 0.1) is 59.0 Å². The van der Waals surface area contributed by atoms with Crippen molar-refractivity contribution in [2.75, 3.05) is 52.9 Å². The molecule has 0 unspecified atom stereocenters. The highest BCUT2D eigenvalue weighted by Crippen LogP contribution is 2.40. The third-order valence-corrected chi connectivity index (χ3v) is 21.2. The molecule has 3 amide bonds. The number of rotatable bonds is 31. The van der Waals surface area contributed by atoms with Crippen molar-refractivity contribution in [1.29, 1.82) is 0 Å². The predicted molar refractivity (Wildman–Crippen MR) is 351 cm³/mol. The number of hydrogen-bond acceptors (Lipinski definition) is 49. The number of aliphatic hydroxyl groups excluding tert-OH is 23. The lowest BCUT2D eigenvalue weighted by Crippen LogP contribution is -2.71. The van der Waals surface area contributed by atoms with E-state index in [1.807, 2.05) is 0 Å². The Morgan fingerprint density at radius 3 is 1.21 bits per heavy atom. The second-order valence-corrected chi connectivity index (χ2v) is 30.6. The van der Waals surface area contributed by atoms with Crippen LogP contribution in [0.3, 0.4) is 0 Å². The molecule has 9 heterocycles. The van der Waals surface area contributed by atoms with Crippen LogP contribution < -0.4 is 16.0 Å². The minimum Gasteiger partial charge on any atom is -0.394 e. The maximum atomic E-state index is 13.2. The van der Waals surface area contributed by atoms with E-state index in [-0.39, 0.29) is 0 Å². The van der Waals surface area contributed by atoms with Gasteiger partial charge in [-0.1, -0.05) is 0 Å². The number of carbonyl (C=O) groups is 3. The molecule has 9 saturated heterocycles. The Balaban J connectivity index is 1.07. The normalized spacial score (nSPS) is 48.0. The monoisotopic (exact) mass is 1740 g/mol. The summed E-state index contributed by atoms with van der Waals surface area (Å²) >= 11 is 0. The average molecular weight is 1740 g/mol. The van der Waals surface area contributed by atoms with Crippen molar-refractivity contribution in [2.24, 2.45) is 0 Å². The molecule has 0 bridgehead atoms. The lowest BCUT2D eigenvalue weighted by molar-refractivity contribution is -0.398. The molecule has 116 heavy (non-hydrogen) atoms. The van der Waals surface area contributed by atoms with E-state index < -0.39 is 368 Å². The van der Waals surface area contributed by atoms with Crippen LogP contribution in [0.2, 0.25) is 0 Å². The third kappa shape index (κ3) is 22.4. The van der Waals surface area contributed by atoms with E-state index in [4.69, 9.17) is 80.5 Å². The molecule has 9 rings (SSSR count). The first-order chi connectivity index (χ1) is 54.4. The topological polar surface area (TPSA) is 837 Å². The summed E-state index contributed by atoms with van der Waals surface area (Å²) in [6.07, 6.45) is -91.7. The van der Waals surface area contributed by atoms with Crippen molar-refractivity contribution in [2.45, 2.75) is 304 Å². The van der Waals surface area contributed by atoms with Gasteiger partial charge in [0.2, 0.25) is 17.7 Å². The van der Waals surface area contributed by atoms with Gasteiger partial charge in [0.1, 0.15) is 213 Å². The average Bonchev–Trinajstić information content (AvgIpc) is 0.766. The van der Waals surface area contributed by atoms with E-state index in [0.717, 1.165) is 20.8 Å². The molecule has 0 aliphatic carbocycles. The van der Waals surface area contributed by atoms with E-state index in [1.54, 1.807) is 0 Å². The van der Waals surface area contributed by atoms with Gasteiger partial charge in [-0.25, -0.2) is 8.37 Å². The molecule has 54 nitrogen and oxygen atoms in total. The van der Waals surface area contributed by atoms with Gasteiger partial charge in [-0.3, -0.25) is 23.5 Å². The molecular weight excluding hydrogens is 1640 g/mol. The summed E-state index contributed by atoms with van der Waals surface area (Å²) in [5.41, 5.74) is 0. The van der Waals surface area contributed by atoms with Crippen LogP contribution in [0.4, 0.5) is 0 Å². The summed E-state index contributed by atoms with van der Waals surface area (Å²) < 4.78 is 175. The highest BCUT2D eigenvalue weighted by molar-refractivity contribution is 7.81. The summed E-state index contributed by atoms with van der Waals surface area (Å²) in [5.74, 6) is -3.00. The fourth-order valence-corrected chi connectivity index (χ4v) is 15.1. The first-order valence-corrected chi connectivity index (χ1v) is 38.5. The summed E-state index contributed by atoms with van der Waals surface area (Å²) in [5, 5.41) is 264. The van der Waals surface area contributed by atoms with Crippen molar-refractivity contribution in [3.8, 4) is 0 Å². The lowest BCUT2D eigenvalue weighted by atomic mass is 9.93. The smallest absolute Gasteiger partial charge is 0.394 e. The van der Waals surface area contributed by atoms with Gasteiger partial charge in [0, 0.05) is 20.8 Å². The minimum atomic E-state index is -5.53. The molecule has 45 atom stereocenters. The Morgan fingerprint density at radius 1 is 0.293 bits per heavy atom. The van der Waals surface area contributed by atoms with Crippen molar-refractivity contribution < 1.29 is 247 Å². The van der Waals surface area contributed by atoms with Gasteiger partial charge >= 0.3 is 20.8 Å². The predicted octanol–water partition coefficient (Wildman–Crippen LogP) is -19.5. The summed E-state index contributed by atoms with van der Waals surface area (Å²) in [4.78, 5) is 38.8. The molecule has 0 aromatic heterocycles. The van der Waals surface area contributed by atoms with Gasteiger partial charge in [0.25, 0.3) is 0 Å². The fraction of sp³-hybridized carbons (Fsp3) is 0.950. The summed E-state index contributed by atoms with van der Waals surface area (Å²) in [7, 11) is -11.0. The van der Waals surface area contributed by atoms with E-state index in [1.165, 1.54) is 6.92 Å². The molecule has 0 saturated carbocycles. The van der Waals surface area contributed by atoms with Crippen molar-refractivity contribution >= 4 is 38.5 Å². The highest BCUT2D eigenvalue weighted by atomic mass is 32.3. The SMILES string of the molecule is CC(=O)N[C@@H]1[C@@H](O)[C@H](O[C@@H]2O[C@H](CO)[C@@H](O[C@@H]3O[C@H](CO[C@H]4O[C@H](CO)[C@@H](O)[C@H](O[C@H]5O[C@H](CO)[C@@H](O)[C@H](O)[C@@H]5O)[C@@H]4O)[C@@H](O)[C@H](O[C@H]4O[C@H](CO)[C@@H](O)[C@H](O)[C@@H]4O[C@@H]4O[C@H](COS(=O)(=O)O)[C@@H](O)[C@H](O[C@@H]5O[C@H](CO)[C@H](OS(=O)(=O)O)[C@H](O)[C@H]5O)[C@H]4NC(C)=O)[C@@H]3O)[C@H](O)[C@H]2NC(C)=O)[C@@H](CO[C@@H]2O[C@@H](C)[C@@H](O)[C@@H](O)[C@@H]2O)O[C@H]1O. The number of ether oxygens (including phenoxy) is 17. The van der Waals surface area contributed by atoms with Gasteiger partial charge in [-0.15, -0.1) is 0 Å². The van der Waals surface area contributed by atoms with Gasteiger partial charge in [0.15, 0.2) is 56.6 Å². The zero-order chi connectivity index (χ0) is 85.9. The molecular formula is C60H101N3O51S2. The summed E-state index contributed by atoms with van der Waals surface area (Å²) in [6.45, 7) is -5.59. The number of carbonyl (C=O) groups excluding carboxylic acids is 3. The second-order valence-electron chi connectivity index (χ2n) is 28.5. The van der Waals surface area contributed by atoms with E-state index in [0.29, 0.717) is 0 Å². The minimum absolute atomic E-state index is 0.808. The van der Waals surface area contributed by atoms with Crippen molar-refractivity contribution in [3.63, 3.8) is 0 Å². The molecule has 0 aromatic rings. The molecule has 9 fully saturated rings. The van der Waals surface area contributed by atoms with Crippen LogP contribution in [0.25, 0.3) is 0 Å². The standard InChI is InChI=1S/C60H101N3O51S2/c1-13-28(72)36(80)40(84)55(99-13)97-11-24-46(34(78)25(52(89)100-24)61-14(2)69)108-53-26(62-15(3)70)35(79)45(20(8-67)104-53)109-59-44(88)50(33(77)22(107-59)10-96-56-43(87)49(31(75)19(7-66)101-56)111-57-41(85)37(81)29(73)17(5-64)102-57)112-60-51(38(82)30(74)18(6-65)103-60)113-54-27(63-16(4)71)48(32(76)23(106-54)12-98-115(90,91)92)110-58-42(86)39(83)47(21(9-68)105-58)114-116(93,94)95/h13,17-60,64-68,72-89H,5-12H2,1-4H3,(H,61,69)(H,62,70)(H,63,71)(H,90,91,92)(H,93,94,95)/t13-,17+,18+,19+,20+,21+,22+,23+,24+,25+,26+,27+,28+,29+,30+,31+,32+,33+,34+,35+,36+,37-,38-,39+,40-,41-,42+,43-,44-,45+,46+,47-,48+,49-,50-,51-,52+,53-,54-,55+,56-,57+,58-,59-,60+/m0/s1. The largest absolute Gasteiger partial charge is 0.397 e. The maximum absolute atomic E-state index is 13.2. The van der Waals surface area contributed by atoms with Crippen LogP contribution in [0, 0.1) is 0 Å². The Labute approximate surface area is 655 Å². The first-order valence-electron chi connectivity index (χ1n) is 35.8. The second kappa shape index (κ2) is 40.9. The number of aliphatic hydroxyl groups is 23. The van der Waals surface area contributed by atoms with Gasteiger partial charge in [-0.05, 0) is 6.92 Å². The van der Waals surface area contributed by atoms with Crippen LogP contribution in [-0.2, 0) is 124 Å². The van der Waals surface area contributed by atoms with Crippen LogP contribution in [0.5, 0.6) is 0 Å². The molecule has 9 aliphatic heterocycles. The molecule has 674 valence electrons. The molecule has 0 radical (unpaired) electrons.